The Kier molecular flexibility index (Phi) is 3.68. The molecule has 0 saturated heterocycles. The number of hydrogen-bond donors (Lipinski definition) is 1. The van der Waals surface area contributed by atoms with Crippen LogP contribution in [0, 0.1) is 11.6 Å². The lowest BCUT2D eigenvalue weighted by molar-refractivity contribution is -0.131. The fourth-order valence-electron chi connectivity index (χ4n) is 1.18. The third-order valence-corrected chi connectivity index (χ3v) is 1.84. The molecule has 16 heavy (non-hydrogen) atoms. The Hall–Kier alpha value is -1.82. The first-order valence-electron chi connectivity index (χ1n) is 4.21. The Balaban J connectivity index is 3.26. The molecule has 1 aromatic rings. The molecule has 0 fully saturated rings. The van der Waals surface area contributed by atoms with Crippen molar-refractivity contribution in [3.8, 4) is 0 Å². The Morgan fingerprint density at radius 2 is 2.00 bits per heavy atom. The van der Waals surface area contributed by atoms with Crippen molar-refractivity contribution in [2.75, 3.05) is 7.11 Å². The van der Waals surface area contributed by atoms with Gasteiger partial charge < -0.3 is 9.84 Å². The molecule has 0 aromatic heterocycles. The Morgan fingerprint density at radius 1 is 1.38 bits per heavy atom. The lowest BCUT2D eigenvalue weighted by Gasteiger charge is -2.04. The number of aliphatic carboxylic acids is 1. The number of carbonyl (C=O) groups is 2. The number of rotatable bonds is 4. The van der Waals surface area contributed by atoms with Crippen molar-refractivity contribution >= 4 is 11.8 Å². The number of ketones is 1. The second-order valence-electron chi connectivity index (χ2n) is 3.01. The lowest BCUT2D eigenvalue weighted by Crippen LogP contribution is -2.16. The highest BCUT2D eigenvalue weighted by Gasteiger charge is 2.22. The van der Waals surface area contributed by atoms with Crippen molar-refractivity contribution in [1.82, 2.24) is 0 Å². The highest BCUT2D eigenvalue weighted by atomic mass is 19.2. The van der Waals surface area contributed by atoms with Gasteiger partial charge in [0.2, 0.25) is 0 Å². The minimum atomic E-state index is -1.84. The van der Waals surface area contributed by atoms with Gasteiger partial charge >= 0.3 is 5.97 Å². The summed E-state index contributed by atoms with van der Waals surface area (Å²) in [6.45, 7) is -0.0445. The van der Waals surface area contributed by atoms with Crippen LogP contribution in [0.2, 0.25) is 0 Å². The Labute approximate surface area is 89.5 Å². The van der Waals surface area contributed by atoms with E-state index in [-0.39, 0.29) is 12.2 Å². The smallest absolute Gasteiger partial charge is 0.377 e. The van der Waals surface area contributed by atoms with E-state index in [0.717, 1.165) is 12.1 Å². The van der Waals surface area contributed by atoms with Crippen LogP contribution in [0.25, 0.3) is 0 Å². The van der Waals surface area contributed by atoms with E-state index in [0.29, 0.717) is 0 Å². The molecule has 0 heterocycles. The zero-order valence-electron chi connectivity index (χ0n) is 8.29. The SMILES string of the molecule is COCc1cc(F)c(F)c(C(=O)C(=O)O)c1. The van der Waals surface area contributed by atoms with Crippen molar-refractivity contribution in [2.24, 2.45) is 0 Å². The van der Waals surface area contributed by atoms with Crippen LogP contribution < -0.4 is 0 Å². The highest BCUT2D eigenvalue weighted by Crippen LogP contribution is 2.16. The maximum Gasteiger partial charge on any atom is 0.377 e. The molecule has 0 aliphatic carbocycles. The largest absolute Gasteiger partial charge is 0.475 e. The van der Waals surface area contributed by atoms with Crippen LogP contribution in [0.1, 0.15) is 15.9 Å². The van der Waals surface area contributed by atoms with E-state index in [2.05, 4.69) is 4.74 Å². The van der Waals surface area contributed by atoms with E-state index >= 15 is 0 Å². The van der Waals surface area contributed by atoms with E-state index in [1.807, 2.05) is 0 Å². The van der Waals surface area contributed by atoms with Gasteiger partial charge in [0.15, 0.2) is 11.6 Å². The second-order valence-corrected chi connectivity index (χ2v) is 3.01. The average molecular weight is 230 g/mol. The molecule has 0 radical (unpaired) electrons. The van der Waals surface area contributed by atoms with Gasteiger partial charge in [-0.15, -0.1) is 0 Å². The standard InChI is InChI=1S/C10H8F2O4/c1-16-4-5-2-6(9(13)10(14)15)8(12)7(11)3-5/h2-3H,4H2,1H3,(H,14,15). The number of benzene rings is 1. The molecule has 4 nitrogen and oxygen atoms in total. The fraction of sp³-hybridized carbons (Fsp3) is 0.200. The molecule has 0 bridgehead atoms. The predicted octanol–water partition coefficient (Wildman–Crippen LogP) is 1.38. The monoisotopic (exact) mass is 230 g/mol. The van der Waals surface area contributed by atoms with Crippen molar-refractivity contribution in [3.63, 3.8) is 0 Å². The zero-order chi connectivity index (χ0) is 12.3. The third-order valence-electron chi connectivity index (χ3n) is 1.84. The summed E-state index contributed by atoms with van der Waals surface area (Å²) in [6, 6.07) is 1.80. The summed E-state index contributed by atoms with van der Waals surface area (Å²) in [5.41, 5.74) is -0.620. The predicted molar refractivity (Wildman–Crippen MR) is 49.0 cm³/mol. The number of halogens is 2. The molecule has 1 aromatic carbocycles. The first kappa shape index (κ1) is 12.3. The molecular formula is C10H8F2O4. The number of carboxylic acids is 1. The lowest BCUT2D eigenvalue weighted by atomic mass is 10.1. The molecule has 1 rings (SSSR count). The van der Waals surface area contributed by atoms with Crippen LogP contribution in [0.5, 0.6) is 0 Å². The molecule has 0 saturated carbocycles. The normalized spacial score (nSPS) is 10.2. The summed E-state index contributed by atoms with van der Waals surface area (Å²) in [5, 5.41) is 8.40. The molecule has 6 heteroatoms. The first-order chi connectivity index (χ1) is 7.47. The topological polar surface area (TPSA) is 63.6 Å². The summed E-state index contributed by atoms with van der Waals surface area (Å²) in [5.74, 6) is -6.08. The number of methoxy groups -OCH3 is 1. The van der Waals surface area contributed by atoms with Gasteiger partial charge in [-0.3, -0.25) is 4.79 Å². The van der Waals surface area contributed by atoms with Crippen LogP contribution in [-0.4, -0.2) is 24.0 Å². The summed E-state index contributed by atoms with van der Waals surface area (Å²) in [7, 11) is 1.33. The van der Waals surface area contributed by atoms with Crippen LogP contribution >= 0.6 is 0 Å². The maximum atomic E-state index is 13.1. The van der Waals surface area contributed by atoms with Gasteiger partial charge in [0.25, 0.3) is 5.78 Å². The minimum absolute atomic E-state index is 0.0445. The molecule has 0 aliphatic heterocycles. The van der Waals surface area contributed by atoms with Crippen LogP contribution in [-0.2, 0) is 16.1 Å². The van der Waals surface area contributed by atoms with Gasteiger partial charge in [0.1, 0.15) is 0 Å². The summed E-state index contributed by atoms with van der Waals surface area (Å²) < 4.78 is 30.8. The molecule has 0 spiro atoms. The molecule has 86 valence electrons. The molecule has 0 amide bonds. The molecule has 1 N–H and O–H groups in total. The Morgan fingerprint density at radius 3 is 2.50 bits per heavy atom. The first-order valence-corrected chi connectivity index (χ1v) is 4.21. The van der Waals surface area contributed by atoms with Crippen molar-refractivity contribution in [2.45, 2.75) is 6.61 Å². The quantitative estimate of drug-likeness (QED) is 0.626. The number of carbonyl (C=O) groups excluding carboxylic acids is 1. The summed E-state index contributed by atoms with van der Waals surface area (Å²) >= 11 is 0. The molecule has 0 unspecified atom stereocenters. The van der Waals surface area contributed by atoms with E-state index in [4.69, 9.17) is 5.11 Å². The van der Waals surface area contributed by atoms with Gasteiger partial charge in [-0.05, 0) is 17.7 Å². The van der Waals surface area contributed by atoms with Crippen LogP contribution in [0.15, 0.2) is 12.1 Å². The van der Waals surface area contributed by atoms with Gasteiger partial charge in [-0.2, -0.15) is 0 Å². The minimum Gasteiger partial charge on any atom is -0.475 e. The maximum absolute atomic E-state index is 13.1. The van der Waals surface area contributed by atoms with Gasteiger partial charge in [-0.25, -0.2) is 13.6 Å². The van der Waals surface area contributed by atoms with Crippen molar-refractivity contribution in [3.05, 3.63) is 34.9 Å². The van der Waals surface area contributed by atoms with Crippen molar-refractivity contribution < 1.29 is 28.2 Å². The highest BCUT2D eigenvalue weighted by molar-refractivity contribution is 6.39. The van der Waals surface area contributed by atoms with Gasteiger partial charge in [0.05, 0.1) is 12.2 Å². The van der Waals surface area contributed by atoms with Crippen LogP contribution in [0.4, 0.5) is 8.78 Å². The van der Waals surface area contributed by atoms with E-state index < -0.39 is 29.0 Å². The van der Waals surface area contributed by atoms with E-state index in [1.54, 1.807) is 0 Å². The zero-order valence-corrected chi connectivity index (χ0v) is 8.29. The average Bonchev–Trinajstić information content (AvgIpc) is 2.22. The second kappa shape index (κ2) is 4.80. The molecular weight excluding hydrogens is 222 g/mol. The number of ether oxygens (including phenoxy) is 1. The molecule has 0 aliphatic rings. The third kappa shape index (κ3) is 2.40. The van der Waals surface area contributed by atoms with E-state index in [1.165, 1.54) is 7.11 Å². The fourth-order valence-corrected chi connectivity index (χ4v) is 1.18. The Bertz CT molecular complexity index is 443. The molecule has 0 atom stereocenters. The number of Topliss-reactive ketones (excluding diaryl/α,β-unsaturated/α-hetero) is 1. The number of hydrogen-bond acceptors (Lipinski definition) is 3. The number of carboxylic acid groups (broad SMARTS) is 1. The van der Waals surface area contributed by atoms with Crippen molar-refractivity contribution in [1.29, 1.82) is 0 Å². The van der Waals surface area contributed by atoms with Crippen LogP contribution in [0.3, 0.4) is 0 Å². The van der Waals surface area contributed by atoms with Gasteiger partial charge in [0, 0.05) is 7.11 Å². The summed E-state index contributed by atoms with van der Waals surface area (Å²) in [6.07, 6.45) is 0. The van der Waals surface area contributed by atoms with E-state index in [9.17, 15) is 18.4 Å². The van der Waals surface area contributed by atoms with Gasteiger partial charge in [-0.1, -0.05) is 0 Å². The summed E-state index contributed by atoms with van der Waals surface area (Å²) in [4.78, 5) is 21.4.